The number of carbonyl (C=O) groups is 4. The van der Waals surface area contributed by atoms with Gasteiger partial charge in [0.2, 0.25) is 0 Å². The maximum Gasteiger partial charge on any atom is 0.328 e. The van der Waals surface area contributed by atoms with E-state index in [0.717, 1.165) is 127 Å². The van der Waals surface area contributed by atoms with Crippen LogP contribution in [-0.2, 0) is 9.59 Å². The van der Waals surface area contributed by atoms with Crippen molar-refractivity contribution in [3.05, 3.63) is 108 Å². The van der Waals surface area contributed by atoms with Crippen molar-refractivity contribution in [2.75, 3.05) is 115 Å². The minimum absolute atomic E-state index is 0.197. The molecule has 2 fully saturated rings. The Kier molecular flexibility index (Phi) is 20.5. The number of carboxylic acid groups (broad SMARTS) is 2. The van der Waals surface area contributed by atoms with Gasteiger partial charge in [-0.25, -0.2) is 9.59 Å². The Labute approximate surface area is 409 Å². The molecule has 0 radical (unpaired) electrons. The standard InChI is InChI=1S/2C24H31N3O2S.C4H4O4/c2*1-2-22(29)19-8-9-24-21(18-19)27(20-6-3-4-7-23(20)30-24)11-5-10-25-12-14-26(15-13-25)16-17-28;5-3(6)1-2-4(7)8/h2*3-4,6-9,18,28H,2,5,10-17H2,1H3;1-2H,(H,5,6)(H,7,8)/b;;2-1+. The van der Waals surface area contributed by atoms with Crippen LogP contribution in [-0.4, -0.2) is 168 Å². The Morgan fingerprint density at radius 1 is 0.471 bits per heavy atom. The monoisotopic (exact) mass is 966 g/mol. The summed E-state index contributed by atoms with van der Waals surface area (Å²) in [6.45, 7) is 18.3. The number of anilines is 4. The van der Waals surface area contributed by atoms with Gasteiger partial charge in [0, 0.05) is 134 Å². The molecular weight excluding hydrogens is 901 g/mol. The number of β-amino-alcohol motifs (C(OH)–C–C–N with tert-alkyl or cyclic N) is 2. The molecule has 0 saturated carbocycles. The molecule has 0 spiro atoms. The summed E-state index contributed by atoms with van der Waals surface area (Å²) in [6, 6.07) is 29.4. The van der Waals surface area contributed by atoms with E-state index < -0.39 is 11.9 Å². The van der Waals surface area contributed by atoms with E-state index in [1.54, 1.807) is 23.5 Å². The van der Waals surface area contributed by atoms with Gasteiger partial charge in [0.1, 0.15) is 0 Å². The molecule has 68 heavy (non-hydrogen) atoms. The summed E-state index contributed by atoms with van der Waals surface area (Å²) in [5.74, 6) is -2.12. The van der Waals surface area contributed by atoms with Gasteiger partial charge in [0.25, 0.3) is 0 Å². The van der Waals surface area contributed by atoms with Crippen molar-refractivity contribution in [2.24, 2.45) is 0 Å². The molecule has 4 heterocycles. The zero-order chi connectivity index (χ0) is 48.4. The first kappa shape index (κ1) is 52.3. The van der Waals surface area contributed by atoms with Crippen molar-refractivity contribution < 1.29 is 39.6 Å². The van der Waals surface area contributed by atoms with Gasteiger partial charge in [0.05, 0.1) is 36.0 Å². The van der Waals surface area contributed by atoms with Gasteiger partial charge in [-0.1, -0.05) is 73.8 Å². The topological polar surface area (TPSA) is 169 Å². The number of carboxylic acids is 2. The van der Waals surface area contributed by atoms with Gasteiger partial charge < -0.3 is 40.0 Å². The van der Waals surface area contributed by atoms with Crippen LogP contribution in [0.4, 0.5) is 22.7 Å². The third kappa shape index (κ3) is 14.7. The molecule has 0 unspecified atom stereocenters. The Hall–Kier alpha value is -5.04. The lowest BCUT2D eigenvalue weighted by molar-refractivity contribution is -0.134. The molecule has 4 aromatic carbocycles. The summed E-state index contributed by atoms with van der Waals surface area (Å²) in [5.41, 5.74) is 6.41. The van der Waals surface area contributed by atoms with Gasteiger partial charge >= 0.3 is 11.9 Å². The van der Waals surface area contributed by atoms with Gasteiger partial charge in [-0.15, -0.1) is 0 Å². The van der Waals surface area contributed by atoms with Crippen molar-refractivity contribution >= 4 is 69.8 Å². The van der Waals surface area contributed by atoms with Crippen molar-refractivity contribution in [1.29, 1.82) is 0 Å². The van der Waals surface area contributed by atoms with E-state index in [-0.39, 0.29) is 24.8 Å². The molecule has 4 aliphatic rings. The van der Waals surface area contributed by atoms with Crippen LogP contribution >= 0.6 is 23.5 Å². The number of aliphatic hydroxyl groups excluding tert-OH is 2. The van der Waals surface area contributed by atoms with Gasteiger partial charge in [-0.2, -0.15) is 0 Å². The first-order valence-corrected chi connectivity index (χ1v) is 25.3. The van der Waals surface area contributed by atoms with Crippen LogP contribution in [0.2, 0.25) is 0 Å². The third-order valence-corrected chi connectivity index (χ3v) is 14.6. The highest BCUT2D eigenvalue weighted by Crippen LogP contribution is 2.49. The number of fused-ring (bicyclic) bond motifs is 4. The van der Waals surface area contributed by atoms with Gasteiger partial charge in [-0.3, -0.25) is 19.4 Å². The molecule has 4 aromatic rings. The van der Waals surface area contributed by atoms with Crippen LogP contribution in [0.3, 0.4) is 0 Å². The highest BCUT2D eigenvalue weighted by Gasteiger charge is 2.27. The number of hydrogen-bond donors (Lipinski definition) is 4. The maximum absolute atomic E-state index is 12.3. The van der Waals surface area contributed by atoms with E-state index in [2.05, 4.69) is 102 Å². The van der Waals surface area contributed by atoms with Crippen LogP contribution in [0.25, 0.3) is 0 Å². The summed E-state index contributed by atoms with van der Waals surface area (Å²) in [6.07, 6.45) is 4.33. The Balaban J connectivity index is 0.000000193. The lowest BCUT2D eigenvalue weighted by Crippen LogP contribution is -2.47. The van der Waals surface area contributed by atoms with E-state index in [9.17, 15) is 19.2 Å². The molecule has 364 valence electrons. The number of aliphatic carboxylic acids is 2. The summed E-state index contributed by atoms with van der Waals surface area (Å²) < 4.78 is 0. The van der Waals surface area contributed by atoms with Crippen LogP contribution in [0.1, 0.15) is 60.2 Å². The highest BCUT2D eigenvalue weighted by atomic mass is 32.2. The summed E-state index contributed by atoms with van der Waals surface area (Å²) >= 11 is 3.58. The number of piperazine rings is 2. The zero-order valence-electron chi connectivity index (χ0n) is 39.3. The second-order valence-corrected chi connectivity index (χ2v) is 19.1. The molecule has 4 N–H and O–H groups in total. The number of hydrogen-bond acceptors (Lipinski definition) is 14. The first-order valence-electron chi connectivity index (χ1n) is 23.7. The summed E-state index contributed by atoms with van der Waals surface area (Å²) in [5, 5.41) is 33.9. The number of nitrogens with zero attached hydrogens (tertiary/aromatic N) is 6. The van der Waals surface area contributed by atoms with Gasteiger partial charge in [0.15, 0.2) is 11.6 Å². The zero-order valence-corrected chi connectivity index (χ0v) is 40.9. The number of rotatable bonds is 18. The molecule has 2 saturated heterocycles. The Morgan fingerprint density at radius 3 is 1.15 bits per heavy atom. The minimum atomic E-state index is -1.26. The Morgan fingerprint density at radius 2 is 0.809 bits per heavy atom. The molecule has 0 bridgehead atoms. The fourth-order valence-electron chi connectivity index (χ4n) is 8.70. The largest absolute Gasteiger partial charge is 0.478 e. The van der Waals surface area contributed by atoms with Crippen molar-refractivity contribution in [3.63, 3.8) is 0 Å². The molecule has 4 aliphatic heterocycles. The molecule has 14 nitrogen and oxygen atoms in total. The quantitative estimate of drug-likeness (QED) is 0.0572. The number of carbonyl (C=O) groups excluding carboxylic acids is 2. The van der Waals surface area contributed by atoms with Crippen molar-refractivity contribution in [1.82, 2.24) is 19.6 Å². The fraction of sp³-hybridized carbons (Fsp3) is 0.423. The van der Waals surface area contributed by atoms with Crippen LogP contribution in [0.5, 0.6) is 0 Å². The number of para-hydroxylation sites is 2. The molecule has 8 rings (SSSR count). The average Bonchev–Trinajstić information content (AvgIpc) is 3.36. The predicted molar refractivity (Wildman–Crippen MR) is 271 cm³/mol. The maximum atomic E-state index is 12.3. The summed E-state index contributed by atoms with van der Waals surface area (Å²) in [4.78, 5) is 63.2. The number of Topliss-reactive ketones (excluding diaryl/α,β-unsaturated/α-hetero) is 2. The van der Waals surface area contributed by atoms with Crippen LogP contribution in [0, 0.1) is 0 Å². The normalized spacial score (nSPS) is 16.1. The molecule has 0 atom stereocenters. The van der Waals surface area contributed by atoms with E-state index >= 15 is 0 Å². The molecular formula is C52H66N6O8S2. The highest BCUT2D eigenvalue weighted by molar-refractivity contribution is 8.00. The smallest absolute Gasteiger partial charge is 0.328 e. The molecule has 16 heteroatoms. The lowest BCUT2D eigenvalue weighted by atomic mass is 10.1. The van der Waals surface area contributed by atoms with E-state index in [1.807, 2.05) is 26.0 Å². The SMILES string of the molecule is CCC(=O)c1ccc2c(c1)N(CCCN1CCN(CCO)CC1)c1ccccc1S2.CCC(=O)c1ccc2c(c1)N(CCCN1CCN(CCO)CC1)c1ccccc1S2.O=C(O)/C=C/C(=O)O. The summed E-state index contributed by atoms with van der Waals surface area (Å²) in [7, 11) is 0. The minimum Gasteiger partial charge on any atom is -0.478 e. The second kappa shape index (κ2) is 26.6. The van der Waals surface area contributed by atoms with Gasteiger partial charge in [-0.05, 0) is 74.5 Å². The van der Waals surface area contributed by atoms with Crippen LogP contribution in [0.15, 0.2) is 117 Å². The predicted octanol–water partition coefficient (Wildman–Crippen LogP) is 7.48. The molecule has 0 aromatic heterocycles. The second-order valence-electron chi connectivity index (χ2n) is 16.9. The van der Waals surface area contributed by atoms with Crippen LogP contribution < -0.4 is 9.80 Å². The van der Waals surface area contributed by atoms with Crippen molar-refractivity contribution in [3.8, 4) is 0 Å². The Bertz CT molecular complexity index is 2190. The number of ketones is 2. The van der Waals surface area contributed by atoms with E-state index in [1.165, 1.54) is 31.0 Å². The van der Waals surface area contributed by atoms with Crippen molar-refractivity contribution in [2.45, 2.75) is 59.1 Å². The number of benzene rings is 4. The lowest BCUT2D eigenvalue weighted by Gasteiger charge is -2.36. The first-order chi connectivity index (χ1) is 33.0. The van der Waals surface area contributed by atoms with E-state index in [0.29, 0.717) is 25.0 Å². The molecule has 0 aliphatic carbocycles. The van der Waals surface area contributed by atoms with E-state index in [4.69, 9.17) is 20.4 Å². The molecule has 0 amide bonds. The third-order valence-electron chi connectivity index (χ3n) is 12.4. The number of aliphatic hydroxyl groups is 2. The average molecular weight is 967 g/mol. The fourth-order valence-corrected chi connectivity index (χ4v) is 10.9.